The van der Waals surface area contributed by atoms with Gasteiger partial charge in [-0.05, 0) is 37.3 Å². The average molecular weight is 340 g/mol. The van der Waals surface area contributed by atoms with Gasteiger partial charge < -0.3 is 20.1 Å². The zero-order chi connectivity index (χ0) is 16.3. The lowest BCUT2D eigenvalue weighted by Crippen LogP contribution is -2.39. The fourth-order valence-corrected chi connectivity index (χ4v) is 2.22. The van der Waals surface area contributed by atoms with Gasteiger partial charge in [-0.2, -0.15) is 0 Å². The summed E-state index contributed by atoms with van der Waals surface area (Å²) in [6.45, 7) is 3.75. The highest BCUT2D eigenvalue weighted by Gasteiger charge is 2.20. The van der Waals surface area contributed by atoms with Gasteiger partial charge in [-0.3, -0.25) is 4.99 Å². The van der Waals surface area contributed by atoms with Gasteiger partial charge in [-0.25, -0.2) is 0 Å². The highest BCUT2D eigenvalue weighted by molar-refractivity contribution is 6.32. The van der Waals surface area contributed by atoms with E-state index in [0.29, 0.717) is 23.9 Å². The zero-order valence-corrected chi connectivity index (χ0v) is 14.4. The quantitative estimate of drug-likeness (QED) is 0.391. The Morgan fingerprint density at radius 2 is 2.00 bits per heavy atom. The van der Waals surface area contributed by atoms with Crippen LogP contribution in [-0.2, 0) is 4.74 Å². The van der Waals surface area contributed by atoms with Crippen LogP contribution in [0.5, 0.6) is 5.75 Å². The van der Waals surface area contributed by atoms with E-state index < -0.39 is 0 Å². The van der Waals surface area contributed by atoms with Gasteiger partial charge in [0.2, 0.25) is 0 Å². The Morgan fingerprint density at radius 3 is 2.74 bits per heavy atom. The summed E-state index contributed by atoms with van der Waals surface area (Å²) in [7, 11) is 1.76. The van der Waals surface area contributed by atoms with Crippen molar-refractivity contribution in [3.63, 3.8) is 0 Å². The number of guanidine groups is 1. The van der Waals surface area contributed by atoms with Crippen LogP contribution >= 0.6 is 11.6 Å². The van der Waals surface area contributed by atoms with Gasteiger partial charge in [-0.15, -0.1) is 0 Å². The highest BCUT2D eigenvalue weighted by atomic mass is 35.5. The van der Waals surface area contributed by atoms with Crippen molar-refractivity contribution in [1.82, 2.24) is 10.6 Å². The molecule has 2 N–H and O–H groups in total. The Morgan fingerprint density at radius 1 is 1.22 bits per heavy atom. The topological polar surface area (TPSA) is 54.9 Å². The predicted octanol–water partition coefficient (Wildman–Crippen LogP) is 2.70. The van der Waals surface area contributed by atoms with E-state index in [9.17, 15) is 0 Å². The van der Waals surface area contributed by atoms with Crippen LogP contribution in [0.2, 0.25) is 5.02 Å². The van der Waals surface area contributed by atoms with Crippen molar-refractivity contribution < 1.29 is 9.47 Å². The van der Waals surface area contributed by atoms with Crippen molar-refractivity contribution in [2.45, 2.75) is 19.3 Å². The summed E-state index contributed by atoms with van der Waals surface area (Å²) < 4.78 is 11.2. The van der Waals surface area contributed by atoms with Crippen molar-refractivity contribution in [2.75, 3.05) is 40.0 Å². The molecule has 6 heteroatoms. The van der Waals surface area contributed by atoms with Gasteiger partial charge in [0.1, 0.15) is 12.4 Å². The number of halogens is 1. The summed E-state index contributed by atoms with van der Waals surface area (Å²) in [6.07, 6.45) is 3.65. The van der Waals surface area contributed by atoms with Crippen molar-refractivity contribution in [3.05, 3.63) is 29.3 Å². The lowest BCUT2D eigenvalue weighted by molar-refractivity contribution is 0.123. The van der Waals surface area contributed by atoms with Crippen LogP contribution in [0.1, 0.15) is 19.3 Å². The number of aliphatic imine (C=N–C) groups is 1. The second-order valence-corrected chi connectivity index (χ2v) is 5.98. The first kappa shape index (κ1) is 17.9. The number of para-hydroxylation sites is 1. The maximum absolute atomic E-state index is 6.03. The molecule has 1 aliphatic carbocycles. The van der Waals surface area contributed by atoms with Gasteiger partial charge in [0.15, 0.2) is 5.96 Å². The van der Waals surface area contributed by atoms with E-state index in [1.165, 1.54) is 12.8 Å². The van der Waals surface area contributed by atoms with Gasteiger partial charge in [-0.1, -0.05) is 23.7 Å². The van der Waals surface area contributed by atoms with Crippen molar-refractivity contribution in [1.29, 1.82) is 0 Å². The minimum atomic E-state index is 0.523. The molecule has 23 heavy (non-hydrogen) atoms. The van der Waals surface area contributed by atoms with E-state index >= 15 is 0 Å². The molecule has 0 radical (unpaired) electrons. The molecule has 128 valence electrons. The predicted molar refractivity (Wildman–Crippen MR) is 94.5 cm³/mol. The molecule has 0 heterocycles. The van der Waals surface area contributed by atoms with Crippen molar-refractivity contribution >= 4 is 17.6 Å². The molecular weight excluding hydrogens is 314 g/mol. The van der Waals surface area contributed by atoms with E-state index in [4.69, 9.17) is 21.1 Å². The van der Waals surface area contributed by atoms with Gasteiger partial charge >= 0.3 is 0 Å². The summed E-state index contributed by atoms with van der Waals surface area (Å²) in [6, 6.07) is 7.46. The summed E-state index contributed by atoms with van der Waals surface area (Å²) in [5, 5.41) is 7.09. The lowest BCUT2D eigenvalue weighted by Gasteiger charge is -2.13. The van der Waals surface area contributed by atoms with Gasteiger partial charge in [0, 0.05) is 26.8 Å². The first-order valence-corrected chi connectivity index (χ1v) is 8.57. The molecule has 0 amide bonds. The van der Waals surface area contributed by atoms with Crippen LogP contribution in [0, 0.1) is 5.92 Å². The molecule has 0 aromatic heterocycles. The molecule has 1 aromatic rings. The Hall–Kier alpha value is -1.46. The van der Waals surface area contributed by atoms with Crippen LogP contribution in [0.25, 0.3) is 0 Å². The SMILES string of the molecule is CN=C(NCCCOCC1CC1)NCCOc1ccccc1Cl. The third kappa shape index (κ3) is 7.57. The van der Waals surface area contributed by atoms with Gasteiger partial charge in [0.25, 0.3) is 0 Å². The number of hydrogen-bond donors (Lipinski definition) is 2. The number of rotatable bonds is 10. The zero-order valence-electron chi connectivity index (χ0n) is 13.7. The van der Waals surface area contributed by atoms with Gasteiger partial charge in [0.05, 0.1) is 11.6 Å². The normalized spacial score (nSPS) is 14.6. The first-order valence-electron chi connectivity index (χ1n) is 8.19. The smallest absolute Gasteiger partial charge is 0.191 e. The van der Waals surface area contributed by atoms with Crippen LogP contribution in [0.3, 0.4) is 0 Å². The molecule has 0 spiro atoms. The van der Waals surface area contributed by atoms with E-state index in [-0.39, 0.29) is 0 Å². The molecule has 0 aliphatic heterocycles. The Kier molecular flexibility index (Phi) is 8.04. The Bertz CT molecular complexity index is 492. The summed E-state index contributed by atoms with van der Waals surface area (Å²) in [5.74, 6) is 2.30. The standard InChI is InChI=1S/C17H26ClN3O2/c1-19-17(20-9-4-11-22-13-14-7-8-14)21-10-12-23-16-6-3-2-5-15(16)18/h2-3,5-6,14H,4,7-13H2,1H3,(H2,19,20,21). The third-order valence-electron chi connectivity index (χ3n) is 3.52. The Labute approximate surface area is 143 Å². The maximum atomic E-state index is 6.03. The molecule has 1 saturated carbocycles. The Balaban J connectivity index is 1.49. The monoisotopic (exact) mass is 339 g/mol. The summed E-state index contributed by atoms with van der Waals surface area (Å²) in [4.78, 5) is 4.18. The van der Waals surface area contributed by atoms with E-state index in [2.05, 4.69) is 15.6 Å². The number of nitrogens with zero attached hydrogens (tertiary/aromatic N) is 1. The molecule has 1 fully saturated rings. The average Bonchev–Trinajstić information content (AvgIpc) is 3.38. The molecule has 1 aliphatic rings. The molecule has 0 saturated heterocycles. The summed E-state index contributed by atoms with van der Waals surface area (Å²) in [5.41, 5.74) is 0. The number of benzene rings is 1. The molecule has 1 aromatic carbocycles. The second-order valence-electron chi connectivity index (χ2n) is 5.58. The molecule has 0 unspecified atom stereocenters. The van der Waals surface area contributed by atoms with E-state index in [1.54, 1.807) is 7.05 Å². The lowest BCUT2D eigenvalue weighted by atomic mass is 10.3. The molecule has 0 bridgehead atoms. The molecular formula is C17H26ClN3O2. The molecule has 5 nitrogen and oxygen atoms in total. The fourth-order valence-electron chi connectivity index (χ4n) is 2.03. The molecule has 0 atom stereocenters. The van der Waals surface area contributed by atoms with Crippen molar-refractivity contribution in [2.24, 2.45) is 10.9 Å². The minimum absolute atomic E-state index is 0.523. The third-order valence-corrected chi connectivity index (χ3v) is 3.83. The van der Waals surface area contributed by atoms with Crippen LogP contribution < -0.4 is 15.4 Å². The largest absolute Gasteiger partial charge is 0.490 e. The van der Waals surface area contributed by atoms with Crippen LogP contribution in [-0.4, -0.2) is 45.9 Å². The van der Waals surface area contributed by atoms with E-state index in [0.717, 1.165) is 38.1 Å². The molecule has 2 rings (SSSR count). The highest BCUT2D eigenvalue weighted by Crippen LogP contribution is 2.28. The van der Waals surface area contributed by atoms with E-state index in [1.807, 2.05) is 24.3 Å². The number of nitrogens with one attached hydrogen (secondary N) is 2. The summed E-state index contributed by atoms with van der Waals surface area (Å²) >= 11 is 6.03. The van der Waals surface area contributed by atoms with Crippen molar-refractivity contribution in [3.8, 4) is 5.75 Å². The number of hydrogen-bond acceptors (Lipinski definition) is 3. The minimum Gasteiger partial charge on any atom is -0.490 e. The fraction of sp³-hybridized carbons (Fsp3) is 0.588. The number of ether oxygens (including phenoxy) is 2. The maximum Gasteiger partial charge on any atom is 0.191 e. The van der Waals surface area contributed by atoms with Crippen LogP contribution in [0.15, 0.2) is 29.3 Å². The second kappa shape index (κ2) is 10.3. The first-order chi connectivity index (χ1) is 11.3. The van der Waals surface area contributed by atoms with Crippen LogP contribution in [0.4, 0.5) is 0 Å².